The molecule has 98 valence electrons. The number of hydrogen-bond donors (Lipinski definition) is 3. The van der Waals surface area contributed by atoms with Gasteiger partial charge in [-0.25, -0.2) is 0 Å². The number of anilines is 1. The molecule has 0 unspecified atom stereocenters. The van der Waals surface area contributed by atoms with Gasteiger partial charge in [0, 0.05) is 12.5 Å². The van der Waals surface area contributed by atoms with Crippen molar-refractivity contribution in [2.24, 2.45) is 5.73 Å². The number of nitrogens with zero attached hydrogens (tertiary/aromatic N) is 1. The van der Waals surface area contributed by atoms with Gasteiger partial charge >= 0.3 is 0 Å². The highest BCUT2D eigenvalue weighted by atomic mass is 16.6. The molecule has 0 spiro atoms. The zero-order chi connectivity index (χ0) is 13.5. The van der Waals surface area contributed by atoms with E-state index in [0.29, 0.717) is 19.4 Å². The summed E-state index contributed by atoms with van der Waals surface area (Å²) < 4.78 is 0. The molecule has 0 fully saturated rings. The second-order valence-corrected chi connectivity index (χ2v) is 3.72. The van der Waals surface area contributed by atoms with Crippen molar-refractivity contribution in [3.8, 4) is 5.75 Å². The quantitative estimate of drug-likeness (QED) is 0.306. The molecule has 0 aliphatic carbocycles. The van der Waals surface area contributed by atoms with Crippen LogP contribution in [0.1, 0.15) is 19.3 Å². The Morgan fingerprint density at radius 1 is 1.44 bits per heavy atom. The van der Waals surface area contributed by atoms with Crippen molar-refractivity contribution in [3.63, 3.8) is 0 Å². The van der Waals surface area contributed by atoms with Gasteiger partial charge in [0.15, 0.2) is 5.69 Å². The largest absolute Gasteiger partial charge is 0.505 e. The van der Waals surface area contributed by atoms with Gasteiger partial charge in [-0.2, -0.15) is 0 Å². The van der Waals surface area contributed by atoms with Crippen LogP contribution in [0.15, 0.2) is 18.2 Å². The maximum absolute atomic E-state index is 11.5. The van der Waals surface area contributed by atoms with Crippen LogP contribution in [0.3, 0.4) is 0 Å². The Hall–Kier alpha value is -2.15. The Balaban J connectivity index is 2.77. The van der Waals surface area contributed by atoms with E-state index < -0.39 is 4.92 Å². The average Bonchev–Trinajstić information content (AvgIpc) is 2.31. The summed E-state index contributed by atoms with van der Waals surface area (Å²) in [6.45, 7) is 0.490. The molecule has 7 heteroatoms. The summed E-state index contributed by atoms with van der Waals surface area (Å²) in [5.41, 5.74) is 4.80. The molecular formula is C11H15N3O4. The van der Waals surface area contributed by atoms with Crippen molar-refractivity contribution < 1.29 is 14.8 Å². The number of carbonyl (C=O) groups is 1. The highest BCUT2D eigenvalue weighted by Crippen LogP contribution is 2.33. The van der Waals surface area contributed by atoms with Gasteiger partial charge in [-0.05, 0) is 25.5 Å². The lowest BCUT2D eigenvalue weighted by Gasteiger charge is -2.07. The normalized spacial score (nSPS) is 10.1. The van der Waals surface area contributed by atoms with E-state index in [1.54, 1.807) is 0 Å². The molecule has 1 aromatic carbocycles. The fraction of sp³-hybridized carbons (Fsp3) is 0.364. The molecule has 0 atom stereocenters. The van der Waals surface area contributed by atoms with Crippen LogP contribution in [0.2, 0.25) is 0 Å². The number of hydrogen-bond acceptors (Lipinski definition) is 5. The first-order chi connectivity index (χ1) is 8.56. The number of benzene rings is 1. The number of phenols is 1. The van der Waals surface area contributed by atoms with Crippen molar-refractivity contribution in [1.82, 2.24) is 0 Å². The Morgan fingerprint density at radius 3 is 2.78 bits per heavy atom. The molecule has 0 bridgehead atoms. The predicted octanol–water partition coefficient (Wildman–Crippen LogP) is 1.37. The fourth-order valence-electron chi connectivity index (χ4n) is 1.44. The van der Waals surface area contributed by atoms with Crippen LogP contribution in [-0.2, 0) is 4.79 Å². The summed E-state index contributed by atoms with van der Waals surface area (Å²) in [6, 6.07) is 3.84. The molecule has 1 amide bonds. The number of nitro groups is 1. The van der Waals surface area contributed by atoms with Crippen molar-refractivity contribution in [3.05, 3.63) is 28.3 Å². The molecule has 0 saturated heterocycles. The number of nitro benzene ring substituents is 1. The number of para-hydroxylation sites is 1. The van der Waals surface area contributed by atoms with E-state index in [0.717, 1.165) is 0 Å². The monoisotopic (exact) mass is 253 g/mol. The number of unbranched alkanes of at least 4 members (excludes halogenated alkanes) is 1. The van der Waals surface area contributed by atoms with E-state index >= 15 is 0 Å². The number of rotatable bonds is 6. The third-order valence-electron chi connectivity index (χ3n) is 2.34. The Kier molecular flexibility index (Phi) is 5.06. The molecule has 0 radical (unpaired) electrons. The van der Waals surface area contributed by atoms with E-state index in [1.165, 1.54) is 18.2 Å². The molecule has 7 nitrogen and oxygen atoms in total. The molecule has 0 aromatic heterocycles. The standard InChI is InChI=1S/C11H15N3O4/c12-7-2-1-6-10(16)13-11-8(14(17)18)4-3-5-9(11)15/h3-5,15H,1-2,6-7,12H2,(H,13,16). The number of carbonyl (C=O) groups excluding carboxylic acids is 1. The Labute approximate surface area is 104 Å². The lowest BCUT2D eigenvalue weighted by atomic mass is 10.2. The summed E-state index contributed by atoms with van der Waals surface area (Å²) in [5.74, 6) is -0.704. The third-order valence-corrected chi connectivity index (χ3v) is 2.34. The summed E-state index contributed by atoms with van der Waals surface area (Å²) in [5, 5.41) is 22.6. The minimum absolute atomic E-state index is 0.166. The highest BCUT2D eigenvalue weighted by molar-refractivity contribution is 5.94. The minimum Gasteiger partial charge on any atom is -0.505 e. The van der Waals surface area contributed by atoms with Gasteiger partial charge < -0.3 is 16.2 Å². The highest BCUT2D eigenvalue weighted by Gasteiger charge is 2.18. The topological polar surface area (TPSA) is 118 Å². The van der Waals surface area contributed by atoms with Crippen molar-refractivity contribution in [1.29, 1.82) is 0 Å². The smallest absolute Gasteiger partial charge is 0.296 e. The van der Waals surface area contributed by atoms with Crippen LogP contribution in [0.4, 0.5) is 11.4 Å². The summed E-state index contributed by atoms with van der Waals surface area (Å²) in [6.07, 6.45) is 1.52. The van der Waals surface area contributed by atoms with Crippen molar-refractivity contribution in [2.45, 2.75) is 19.3 Å². The molecular weight excluding hydrogens is 238 g/mol. The lowest BCUT2D eigenvalue weighted by Crippen LogP contribution is -2.13. The maximum Gasteiger partial charge on any atom is 0.296 e. The van der Waals surface area contributed by atoms with E-state index in [4.69, 9.17) is 5.73 Å². The van der Waals surface area contributed by atoms with Gasteiger partial charge in [0.05, 0.1) is 4.92 Å². The van der Waals surface area contributed by atoms with Crippen LogP contribution in [0.25, 0.3) is 0 Å². The molecule has 1 aromatic rings. The molecule has 0 aliphatic heterocycles. The first-order valence-electron chi connectivity index (χ1n) is 5.52. The van der Waals surface area contributed by atoms with Gasteiger partial charge in [0.2, 0.25) is 5.91 Å². The van der Waals surface area contributed by atoms with E-state index in [9.17, 15) is 20.0 Å². The van der Waals surface area contributed by atoms with Crippen LogP contribution >= 0.6 is 0 Å². The number of phenolic OH excluding ortho intramolecular Hbond substituents is 1. The van der Waals surface area contributed by atoms with Gasteiger partial charge in [0.25, 0.3) is 5.69 Å². The second-order valence-electron chi connectivity index (χ2n) is 3.72. The summed E-state index contributed by atoms with van der Waals surface area (Å²) in [7, 11) is 0. The molecule has 0 heterocycles. The Morgan fingerprint density at radius 2 is 2.17 bits per heavy atom. The van der Waals surface area contributed by atoms with Gasteiger partial charge in [0.1, 0.15) is 5.75 Å². The maximum atomic E-state index is 11.5. The fourth-order valence-corrected chi connectivity index (χ4v) is 1.44. The van der Waals surface area contributed by atoms with Crippen LogP contribution in [-0.4, -0.2) is 22.5 Å². The first-order valence-corrected chi connectivity index (χ1v) is 5.52. The van der Waals surface area contributed by atoms with E-state index in [-0.39, 0.29) is 29.5 Å². The van der Waals surface area contributed by atoms with E-state index in [1.807, 2.05) is 0 Å². The lowest BCUT2D eigenvalue weighted by molar-refractivity contribution is -0.384. The third kappa shape index (κ3) is 3.70. The summed E-state index contributed by atoms with van der Waals surface area (Å²) in [4.78, 5) is 21.6. The molecule has 4 N–H and O–H groups in total. The van der Waals surface area contributed by atoms with Gasteiger partial charge in [-0.3, -0.25) is 14.9 Å². The molecule has 0 saturated carbocycles. The zero-order valence-corrected chi connectivity index (χ0v) is 9.76. The number of aromatic hydroxyl groups is 1. The molecule has 18 heavy (non-hydrogen) atoms. The number of amides is 1. The van der Waals surface area contributed by atoms with Crippen molar-refractivity contribution in [2.75, 3.05) is 11.9 Å². The summed E-state index contributed by atoms with van der Waals surface area (Å²) >= 11 is 0. The zero-order valence-electron chi connectivity index (χ0n) is 9.76. The second kappa shape index (κ2) is 6.55. The molecule has 0 aliphatic rings. The SMILES string of the molecule is NCCCCC(=O)Nc1c(O)cccc1[N+](=O)[O-]. The predicted molar refractivity (Wildman–Crippen MR) is 66.3 cm³/mol. The van der Waals surface area contributed by atoms with Crippen LogP contribution in [0.5, 0.6) is 5.75 Å². The van der Waals surface area contributed by atoms with Gasteiger partial charge in [-0.1, -0.05) is 6.07 Å². The molecule has 1 rings (SSSR count). The number of nitrogens with two attached hydrogens (primary N) is 1. The van der Waals surface area contributed by atoms with E-state index in [2.05, 4.69) is 5.32 Å². The number of nitrogens with one attached hydrogen (secondary N) is 1. The first kappa shape index (κ1) is 13.9. The van der Waals surface area contributed by atoms with Crippen LogP contribution < -0.4 is 11.1 Å². The van der Waals surface area contributed by atoms with Crippen molar-refractivity contribution >= 4 is 17.3 Å². The average molecular weight is 253 g/mol. The Bertz CT molecular complexity index is 448. The minimum atomic E-state index is -0.658. The van der Waals surface area contributed by atoms with Crippen LogP contribution in [0, 0.1) is 10.1 Å². The van der Waals surface area contributed by atoms with Gasteiger partial charge in [-0.15, -0.1) is 0 Å².